The zero-order valence-corrected chi connectivity index (χ0v) is 35.7. The van der Waals surface area contributed by atoms with Crippen LogP contribution in [-0.4, -0.2) is 0 Å². The number of rotatable bonds is 6. The summed E-state index contributed by atoms with van der Waals surface area (Å²) in [5, 5.41) is 0. The molecule has 0 spiro atoms. The van der Waals surface area contributed by atoms with Gasteiger partial charge in [-0.2, -0.15) is 0 Å². The molecule has 7 rings (SSSR count). The second-order valence-electron chi connectivity index (χ2n) is 16.0. The number of hydrogen-bond donors (Lipinski definition) is 0. The fourth-order valence-electron chi connectivity index (χ4n) is 9.82. The molecule has 1 saturated heterocycles. The zero-order valence-electron chi connectivity index (χ0n) is 31.8. The standard InChI is InChI=1S/2C22H25.C2H4.2ClH.Zr/c2*1-13(2)18-11-20-16(5)15(4)17(6)22(21(20)12-18)19-10-8-7-9-14(19)3;1-2;;;/h2*7-13H,1-6H3;1-2H2;2*1H;/q;;;;;+2/p-2. The van der Waals surface area contributed by atoms with E-state index in [0.717, 1.165) is 0 Å². The van der Waals surface area contributed by atoms with Gasteiger partial charge < -0.3 is 24.8 Å². The number of allylic oxidation sites excluding steroid dienone is 2. The largest absolute Gasteiger partial charge is 1.00 e. The van der Waals surface area contributed by atoms with Crippen LogP contribution in [0.5, 0.6) is 0 Å². The van der Waals surface area contributed by atoms with Gasteiger partial charge in [0, 0.05) is 0 Å². The van der Waals surface area contributed by atoms with Crippen LogP contribution in [0.2, 0.25) is 8.26 Å². The molecule has 256 valence electrons. The Morgan fingerprint density at radius 1 is 0.490 bits per heavy atom. The molecule has 1 heterocycles. The van der Waals surface area contributed by atoms with Crippen molar-refractivity contribution in [3.05, 3.63) is 126 Å². The molecule has 2 atom stereocenters. The van der Waals surface area contributed by atoms with Crippen LogP contribution >= 0.6 is 0 Å². The van der Waals surface area contributed by atoms with E-state index in [1.807, 2.05) is 0 Å². The Morgan fingerprint density at radius 2 is 0.837 bits per heavy atom. The smallest absolute Gasteiger partial charge is 1.00 e. The van der Waals surface area contributed by atoms with Gasteiger partial charge in [-0.05, 0) is 0 Å². The van der Waals surface area contributed by atoms with E-state index in [9.17, 15) is 0 Å². The monoisotopic (exact) mass is 766 g/mol. The Labute approximate surface area is 314 Å². The molecule has 3 aliphatic rings. The van der Waals surface area contributed by atoms with Crippen LogP contribution in [0.1, 0.15) is 102 Å². The number of aryl methyl sites for hydroxylation is 2. The molecule has 0 aromatic heterocycles. The van der Waals surface area contributed by atoms with Gasteiger partial charge in [-0.15, -0.1) is 0 Å². The molecule has 2 unspecified atom stereocenters. The summed E-state index contributed by atoms with van der Waals surface area (Å²) in [6.45, 7) is 29.0. The predicted molar refractivity (Wildman–Crippen MR) is 202 cm³/mol. The molecule has 0 bridgehead atoms. The van der Waals surface area contributed by atoms with Crippen LogP contribution in [0.15, 0.2) is 59.7 Å². The normalized spacial score (nSPS) is 17.8. The third-order valence-electron chi connectivity index (χ3n) is 12.9. The number of benzene rings is 4. The number of fused-ring (bicyclic) bond motifs is 2. The fraction of sp³-hybridized carbons (Fsp3) is 0.391. The Bertz CT molecular complexity index is 1890. The molecule has 0 radical (unpaired) electrons. The number of halogens is 2. The van der Waals surface area contributed by atoms with Crippen molar-refractivity contribution in [1.82, 2.24) is 0 Å². The summed E-state index contributed by atoms with van der Waals surface area (Å²) in [5.41, 5.74) is 27.7. The van der Waals surface area contributed by atoms with E-state index >= 15 is 0 Å². The van der Waals surface area contributed by atoms with Crippen LogP contribution in [-0.2, 0) is 20.3 Å². The summed E-state index contributed by atoms with van der Waals surface area (Å²) in [7, 11) is 0. The maximum atomic E-state index is 2.71. The van der Waals surface area contributed by atoms with Gasteiger partial charge in [0.25, 0.3) is 0 Å². The molecular weight excluding hydrogens is 715 g/mol. The molecular formula is C46H54Cl2Zr. The first-order valence-electron chi connectivity index (χ1n) is 18.1. The van der Waals surface area contributed by atoms with Crippen LogP contribution in [0.25, 0.3) is 34.4 Å². The zero-order chi connectivity index (χ0) is 33.7. The minimum Gasteiger partial charge on any atom is -1.00 e. The van der Waals surface area contributed by atoms with Crippen molar-refractivity contribution in [3.63, 3.8) is 0 Å². The van der Waals surface area contributed by atoms with E-state index in [0.29, 0.717) is 19.1 Å². The van der Waals surface area contributed by atoms with Gasteiger partial charge in [-0.25, -0.2) is 0 Å². The minimum atomic E-state index is -2.96. The van der Waals surface area contributed by atoms with Crippen LogP contribution in [0, 0.1) is 67.2 Å². The van der Waals surface area contributed by atoms with E-state index in [4.69, 9.17) is 0 Å². The topological polar surface area (TPSA) is 0 Å². The second kappa shape index (κ2) is 13.8. The van der Waals surface area contributed by atoms with Crippen molar-refractivity contribution in [2.24, 2.45) is 11.8 Å². The first-order valence-corrected chi connectivity index (χ1v) is 24.4. The second-order valence-corrected chi connectivity index (χ2v) is 27.3. The SMILES string of the molecule is Cc1ccccc1-c1c(C)c(C)c(C)c2c1C=C(C(C)C)[CH]2[Zr+2]1([CH]2C(C(C)C)=Cc3c(-c4ccccc4C)c(C)c(C)c(C)c32)[CH2][CH2]1.[Cl-].[Cl-]. The molecule has 1 fully saturated rings. The van der Waals surface area contributed by atoms with Crippen molar-refractivity contribution in [3.8, 4) is 22.3 Å². The third-order valence-corrected chi connectivity index (χ3v) is 25.7. The van der Waals surface area contributed by atoms with Crippen molar-refractivity contribution in [2.75, 3.05) is 0 Å². The van der Waals surface area contributed by atoms with Crippen molar-refractivity contribution < 1.29 is 45.1 Å². The van der Waals surface area contributed by atoms with E-state index in [1.165, 1.54) is 63.9 Å². The summed E-state index contributed by atoms with van der Waals surface area (Å²) < 4.78 is 4.27. The predicted octanol–water partition coefficient (Wildman–Crippen LogP) is 7.39. The average Bonchev–Trinajstić information content (AvgIpc) is 3.56. The molecule has 4 aromatic carbocycles. The van der Waals surface area contributed by atoms with Gasteiger partial charge in [0.1, 0.15) is 0 Å². The number of hydrogen-bond acceptors (Lipinski definition) is 0. The molecule has 0 amide bonds. The fourth-order valence-corrected chi connectivity index (χ4v) is 28.4. The summed E-state index contributed by atoms with van der Waals surface area (Å²) in [4.78, 5) is 0. The van der Waals surface area contributed by atoms with Gasteiger partial charge in [-0.1, -0.05) is 0 Å². The molecule has 1 aliphatic heterocycles. The first kappa shape index (κ1) is 38.1. The van der Waals surface area contributed by atoms with Gasteiger partial charge in [-0.3, -0.25) is 0 Å². The van der Waals surface area contributed by atoms with Crippen LogP contribution in [0.4, 0.5) is 0 Å². The van der Waals surface area contributed by atoms with Crippen molar-refractivity contribution >= 4 is 12.2 Å². The summed E-state index contributed by atoms with van der Waals surface area (Å²) >= 11 is -2.96. The Hall–Kier alpha value is -2.18. The van der Waals surface area contributed by atoms with E-state index in [2.05, 4.69) is 144 Å². The Kier molecular flexibility index (Phi) is 10.7. The maximum Gasteiger partial charge on any atom is -1.00 e. The van der Waals surface area contributed by atoms with Crippen molar-refractivity contribution in [2.45, 2.75) is 98.6 Å². The molecule has 4 aromatic rings. The first-order chi connectivity index (χ1) is 22.3. The van der Waals surface area contributed by atoms with E-state index in [-0.39, 0.29) is 24.8 Å². The van der Waals surface area contributed by atoms with Crippen molar-refractivity contribution in [1.29, 1.82) is 0 Å². The van der Waals surface area contributed by atoms with Gasteiger partial charge in [0.2, 0.25) is 0 Å². The van der Waals surface area contributed by atoms with E-state index < -0.39 is 20.3 Å². The van der Waals surface area contributed by atoms with Crippen LogP contribution < -0.4 is 24.8 Å². The van der Waals surface area contributed by atoms with E-state index in [1.54, 1.807) is 44.5 Å². The Balaban J connectivity index is 0.00000234. The summed E-state index contributed by atoms with van der Waals surface area (Å²) in [6, 6.07) is 18.2. The molecule has 0 saturated carbocycles. The third kappa shape index (κ3) is 5.65. The summed E-state index contributed by atoms with van der Waals surface area (Å²) in [5.74, 6) is 1.09. The summed E-state index contributed by atoms with van der Waals surface area (Å²) in [6.07, 6.45) is 5.42. The molecule has 0 nitrogen and oxygen atoms in total. The molecule has 2 aliphatic carbocycles. The maximum absolute atomic E-state index is 2.96. The quantitative estimate of drug-likeness (QED) is 0.192. The van der Waals surface area contributed by atoms with Crippen LogP contribution in [0.3, 0.4) is 0 Å². The Morgan fingerprint density at radius 3 is 1.14 bits per heavy atom. The molecule has 0 N–H and O–H groups in total. The van der Waals surface area contributed by atoms with Gasteiger partial charge in [0.15, 0.2) is 0 Å². The molecule has 3 heteroatoms. The van der Waals surface area contributed by atoms with Gasteiger partial charge >= 0.3 is 292 Å². The molecule has 49 heavy (non-hydrogen) atoms. The van der Waals surface area contributed by atoms with Gasteiger partial charge in [0.05, 0.1) is 0 Å². The minimum absolute atomic E-state index is 0. The average molecular weight is 769 g/mol.